The summed E-state index contributed by atoms with van der Waals surface area (Å²) in [6.07, 6.45) is 3.15. The van der Waals surface area contributed by atoms with E-state index in [0.29, 0.717) is 29.2 Å². The zero-order valence-corrected chi connectivity index (χ0v) is 22.2. The highest BCUT2D eigenvalue weighted by atomic mass is 16.5. The molecule has 0 aliphatic heterocycles. The van der Waals surface area contributed by atoms with E-state index in [1.54, 1.807) is 21.1 Å². The number of rotatable bonds is 9. The molecule has 0 fully saturated rings. The number of H-pyrrole nitrogens is 1. The van der Waals surface area contributed by atoms with E-state index in [1.807, 2.05) is 54.7 Å². The van der Waals surface area contributed by atoms with Crippen LogP contribution in [0, 0.1) is 11.3 Å². The molecule has 8 heteroatoms. The van der Waals surface area contributed by atoms with Crippen LogP contribution in [-0.4, -0.2) is 49.0 Å². The van der Waals surface area contributed by atoms with Gasteiger partial charge in [-0.2, -0.15) is 5.26 Å². The van der Waals surface area contributed by atoms with Crippen molar-refractivity contribution in [3.8, 4) is 34.4 Å². The number of aryl methyl sites for hydroxylation is 2. The van der Waals surface area contributed by atoms with Crippen LogP contribution in [0.5, 0.6) is 17.2 Å². The Morgan fingerprint density at radius 3 is 2.41 bits per heavy atom. The molecule has 0 saturated carbocycles. The maximum absolute atomic E-state index is 13.7. The highest BCUT2D eigenvalue weighted by molar-refractivity contribution is 5.99. The lowest BCUT2D eigenvalue weighted by Gasteiger charge is -2.25. The third kappa shape index (κ3) is 5.14. The first-order chi connectivity index (χ1) is 18.9. The first-order valence-electron chi connectivity index (χ1n) is 12.9. The molecule has 4 aromatic rings. The van der Waals surface area contributed by atoms with E-state index in [2.05, 4.69) is 16.4 Å². The summed E-state index contributed by atoms with van der Waals surface area (Å²) in [4.78, 5) is 16.9. The van der Waals surface area contributed by atoms with E-state index in [1.165, 1.54) is 0 Å². The number of benzene rings is 3. The largest absolute Gasteiger partial charge is 0.493 e. The van der Waals surface area contributed by atoms with Crippen LogP contribution < -0.4 is 19.5 Å². The second-order valence-electron chi connectivity index (χ2n) is 9.68. The minimum Gasteiger partial charge on any atom is -0.493 e. The fraction of sp³-hybridized carbons (Fsp3) is 0.290. The number of hydrogen-bond donors (Lipinski definition) is 3. The summed E-state index contributed by atoms with van der Waals surface area (Å²) < 4.78 is 16.9. The van der Waals surface area contributed by atoms with Gasteiger partial charge < -0.3 is 29.6 Å². The van der Waals surface area contributed by atoms with Gasteiger partial charge in [0.25, 0.3) is 5.91 Å². The van der Waals surface area contributed by atoms with Gasteiger partial charge in [0.2, 0.25) is 0 Å². The number of carbonyl (C=O) groups excluding carboxylic acids is 1. The first kappa shape index (κ1) is 26.1. The van der Waals surface area contributed by atoms with Crippen LogP contribution in [0.3, 0.4) is 0 Å². The van der Waals surface area contributed by atoms with E-state index in [9.17, 15) is 15.2 Å². The maximum Gasteiger partial charge on any atom is 0.255 e. The topological polar surface area (TPSA) is 117 Å². The molecule has 3 N–H and O–H groups in total. The number of nitriles is 1. The second-order valence-corrected chi connectivity index (χ2v) is 9.68. The van der Waals surface area contributed by atoms with Crippen LogP contribution in [0.1, 0.15) is 34.0 Å². The third-order valence-electron chi connectivity index (χ3n) is 7.20. The molecule has 8 nitrogen and oxygen atoms in total. The predicted octanol–water partition coefficient (Wildman–Crippen LogP) is 4.57. The van der Waals surface area contributed by atoms with Crippen LogP contribution in [0.4, 0.5) is 0 Å². The van der Waals surface area contributed by atoms with E-state index >= 15 is 0 Å². The fourth-order valence-electron chi connectivity index (χ4n) is 5.21. The van der Waals surface area contributed by atoms with E-state index in [0.717, 1.165) is 51.6 Å². The van der Waals surface area contributed by atoms with Crippen molar-refractivity contribution in [1.82, 2.24) is 10.3 Å². The molecule has 1 unspecified atom stereocenters. The quantitative estimate of drug-likeness (QED) is 0.295. The second kappa shape index (κ2) is 11.1. The zero-order chi connectivity index (χ0) is 27.5. The predicted molar refractivity (Wildman–Crippen MR) is 148 cm³/mol. The zero-order valence-electron chi connectivity index (χ0n) is 22.2. The van der Waals surface area contributed by atoms with Gasteiger partial charge in [0, 0.05) is 17.1 Å². The minimum absolute atomic E-state index is 0.235. The molecule has 200 valence electrons. The normalized spacial score (nSPS) is 13.5. The summed E-state index contributed by atoms with van der Waals surface area (Å²) in [5, 5.41) is 23.6. The molecule has 1 aliphatic carbocycles. The monoisotopic (exact) mass is 525 g/mol. The molecular weight excluding hydrogens is 494 g/mol. The van der Waals surface area contributed by atoms with Gasteiger partial charge in [-0.15, -0.1) is 0 Å². The molecule has 0 saturated heterocycles. The molecular formula is C31H31N3O5. The summed E-state index contributed by atoms with van der Waals surface area (Å²) in [5.74, 6) is 1.22. The standard InChI is InChI=1S/C31H31N3O5/c1-18(15-32)39-28-11-19-8-9-20-12-29(37-2)30(38-3)14-25(20)24(19)13-26(28)31(36)34-22(17-35)10-21-16-33-27-7-5-4-6-23(21)27/h4-7,11-14,16,18,22,33,35H,8-10,17H2,1-3H3,(H,34,36)/t18?,22-/m1/s1. The van der Waals surface area contributed by atoms with Crippen LogP contribution in [-0.2, 0) is 19.3 Å². The number of nitrogens with zero attached hydrogens (tertiary/aromatic N) is 1. The van der Waals surface area contributed by atoms with Gasteiger partial charge in [-0.05, 0) is 84.3 Å². The number of carbonyl (C=O) groups is 1. The molecule has 2 atom stereocenters. The Hall–Kier alpha value is -4.48. The molecule has 1 amide bonds. The van der Waals surface area contributed by atoms with Gasteiger partial charge >= 0.3 is 0 Å². The Kier molecular flexibility index (Phi) is 7.44. The number of ether oxygens (including phenoxy) is 3. The number of para-hydroxylation sites is 1. The number of hydrogen-bond acceptors (Lipinski definition) is 6. The summed E-state index contributed by atoms with van der Waals surface area (Å²) in [5.41, 5.74) is 6.27. The van der Waals surface area contributed by atoms with E-state index < -0.39 is 12.1 Å². The minimum atomic E-state index is -0.741. The summed E-state index contributed by atoms with van der Waals surface area (Å²) in [6, 6.07) is 17.0. The lowest BCUT2D eigenvalue weighted by atomic mass is 9.84. The van der Waals surface area contributed by atoms with Crippen LogP contribution in [0.15, 0.2) is 54.7 Å². The number of nitrogens with one attached hydrogen (secondary N) is 2. The maximum atomic E-state index is 13.7. The molecule has 39 heavy (non-hydrogen) atoms. The van der Waals surface area contributed by atoms with Crippen molar-refractivity contribution in [3.05, 3.63) is 77.0 Å². The highest BCUT2D eigenvalue weighted by Gasteiger charge is 2.26. The van der Waals surface area contributed by atoms with E-state index in [4.69, 9.17) is 14.2 Å². The molecule has 0 spiro atoms. The molecule has 1 aromatic heterocycles. The lowest BCUT2D eigenvalue weighted by molar-refractivity contribution is 0.0911. The summed E-state index contributed by atoms with van der Waals surface area (Å²) in [6.45, 7) is 1.40. The number of aliphatic hydroxyl groups excluding tert-OH is 1. The van der Waals surface area contributed by atoms with Crippen LogP contribution in [0.25, 0.3) is 22.0 Å². The van der Waals surface area contributed by atoms with Crippen molar-refractivity contribution in [3.63, 3.8) is 0 Å². The van der Waals surface area contributed by atoms with Crippen molar-refractivity contribution in [2.45, 2.75) is 38.3 Å². The number of methoxy groups -OCH3 is 2. The van der Waals surface area contributed by atoms with Crippen molar-refractivity contribution in [2.24, 2.45) is 0 Å². The number of fused-ring (bicyclic) bond motifs is 4. The first-order valence-corrected chi connectivity index (χ1v) is 12.9. The van der Waals surface area contributed by atoms with Gasteiger partial charge in [0.15, 0.2) is 17.6 Å². The molecule has 0 radical (unpaired) electrons. The molecule has 1 aliphatic rings. The lowest BCUT2D eigenvalue weighted by Crippen LogP contribution is -2.39. The molecule has 3 aromatic carbocycles. The van der Waals surface area contributed by atoms with Crippen molar-refractivity contribution in [2.75, 3.05) is 20.8 Å². The number of aromatic amines is 1. The van der Waals surface area contributed by atoms with Gasteiger partial charge in [-0.3, -0.25) is 4.79 Å². The average Bonchev–Trinajstić information content (AvgIpc) is 3.37. The van der Waals surface area contributed by atoms with Crippen molar-refractivity contribution < 1.29 is 24.1 Å². The fourth-order valence-corrected chi connectivity index (χ4v) is 5.21. The van der Waals surface area contributed by atoms with Crippen molar-refractivity contribution >= 4 is 16.8 Å². The van der Waals surface area contributed by atoms with Crippen molar-refractivity contribution in [1.29, 1.82) is 5.26 Å². The average molecular weight is 526 g/mol. The SMILES string of the molecule is COc1cc2c(cc1OC)-c1cc(C(=O)N[C@@H](CO)Cc3c[nH]c4ccccc34)c(OC(C)C#N)cc1CC2. The Bertz CT molecular complexity index is 1570. The molecule has 0 bridgehead atoms. The van der Waals surface area contributed by atoms with Gasteiger partial charge in [-0.25, -0.2) is 0 Å². The smallest absolute Gasteiger partial charge is 0.255 e. The third-order valence-corrected chi connectivity index (χ3v) is 7.20. The Morgan fingerprint density at radius 2 is 1.72 bits per heavy atom. The number of amides is 1. The van der Waals surface area contributed by atoms with Crippen LogP contribution in [0.2, 0.25) is 0 Å². The summed E-state index contributed by atoms with van der Waals surface area (Å²) in [7, 11) is 3.20. The molecule has 1 heterocycles. The van der Waals surface area contributed by atoms with Gasteiger partial charge in [0.05, 0.1) is 32.4 Å². The Morgan fingerprint density at radius 1 is 1.05 bits per heavy atom. The Labute approximate surface area is 227 Å². The summed E-state index contributed by atoms with van der Waals surface area (Å²) >= 11 is 0. The van der Waals surface area contributed by atoms with E-state index in [-0.39, 0.29) is 12.5 Å². The van der Waals surface area contributed by atoms with Crippen LogP contribution >= 0.6 is 0 Å². The highest BCUT2D eigenvalue weighted by Crippen LogP contribution is 2.42. The van der Waals surface area contributed by atoms with Gasteiger partial charge in [0.1, 0.15) is 11.8 Å². The Balaban J connectivity index is 1.51. The number of aromatic nitrogens is 1. The van der Waals surface area contributed by atoms with Gasteiger partial charge in [-0.1, -0.05) is 18.2 Å². The number of aliphatic hydroxyl groups is 1. The molecule has 5 rings (SSSR count).